The van der Waals surface area contributed by atoms with E-state index in [2.05, 4.69) is 29.6 Å². The molecule has 2 aromatic rings. The first-order chi connectivity index (χ1) is 15.8. The van der Waals surface area contributed by atoms with Crippen molar-refractivity contribution in [2.75, 3.05) is 14.1 Å². The van der Waals surface area contributed by atoms with E-state index in [0.717, 1.165) is 43.2 Å². The number of likely N-dealkylation sites (N-methyl/N-ethyl adjacent to an activating group) is 1. The van der Waals surface area contributed by atoms with Crippen molar-refractivity contribution < 1.29 is 18.7 Å². The molecule has 1 aliphatic carbocycles. The minimum absolute atomic E-state index is 0.0441. The molecule has 2 amide bonds. The van der Waals surface area contributed by atoms with Gasteiger partial charge in [0.25, 0.3) is 0 Å². The third-order valence-corrected chi connectivity index (χ3v) is 6.57. The summed E-state index contributed by atoms with van der Waals surface area (Å²) in [6.07, 6.45) is 3.58. The number of nitrogens with one attached hydrogen (secondary N) is 2. The lowest BCUT2D eigenvalue weighted by molar-refractivity contribution is -0.123. The van der Waals surface area contributed by atoms with E-state index >= 15 is 0 Å². The second kappa shape index (κ2) is 11.3. The van der Waals surface area contributed by atoms with Gasteiger partial charge in [-0.15, -0.1) is 0 Å². The predicted octanol–water partition coefficient (Wildman–Crippen LogP) is 4.04. The van der Waals surface area contributed by atoms with Crippen LogP contribution in [0.3, 0.4) is 0 Å². The summed E-state index contributed by atoms with van der Waals surface area (Å²) in [5.74, 6) is -0.440. The number of carbonyl (C=O) groups excluding carboxylic acids is 2. The molecule has 178 valence electrons. The highest BCUT2D eigenvalue weighted by Gasteiger charge is 2.38. The van der Waals surface area contributed by atoms with E-state index in [0.29, 0.717) is 0 Å². The van der Waals surface area contributed by atoms with Crippen LogP contribution in [0.25, 0.3) is 0 Å². The van der Waals surface area contributed by atoms with Crippen molar-refractivity contribution in [1.82, 2.24) is 15.5 Å². The van der Waals surface area contributed by atoms with Crippen LogP contribution in [-0.4, -0.2) is 48.6 Å². The van der Waals surface area contributed by atoms with Gasteiger partial charge in [0.15, 0.2) is 0 Å². The molecule has 1 fully saturated rings. The number of alkyl carbamates (subject to hydrolysis) is 1. The minimum atomic E-state index is -0.693. The van der Waals surface area contributed by atoms with Gasteiger partial charge in [-0.3, -0.25) is 4.79 Å². The molecule has 33 heavy (non-hydrogen) atoms. The molecule has 0 aromatic heterocycles. The lowest BCUT2D eigenvalue weighted by atomic mass is 9.74. The van der Waals surface area contributed by atoms with Gasteiger partial charge in [0.05, 0.1) is 0 Å². The van der Waals surface area contributed by atoms with E-state index in [1.807, 2.05) is 36.4 Å². The summed E-state index contributed by atoms with van der Waals surface area (Å²) in [7, 11) is 4.12. The van der Waals surface area contributed by atoms with E-state index in [-0.39, 0.29) is 29.9 Å². The fourth-order valence-electron chi connectivity index (χ4n) is 4.44. The molecular formula is C26H34FN3O3. The van der Waals surface area contributed by atoms with Gasteiger partial charge in [0.2, 0.25) is 5.91 Å². The second-order valence-corrected chi connectivity index (χ2v) is 9.14. The summed E-state index contributed by atoms with van der Waals surface area (Å²) in [6, 6.07) is 15.5. The van der Waals surface area contributed by atoms with Crippen LogP contribution in [-0.2, 0) is 22.6 Å². The lowest BCUT2D eigenvalue weighted by Crippen LogP contribution is -2.54. The van der Waals surface area contributed by atoms with E-state index in [9.17, 15) is 14.0 Å². The van der Waals surface area contributed by atoms with Crippen molar-refractivity contribution in [2.45, 2.75) is 63.3 Å². The average molecular weight is 456 g/mol. The van der Waals surface area contributed by atoms with Gasteiger partial charge < -0.3 is 20.3 Å². The summed E-state index contributed by atoms with van der Waals surface area (Å²) >= 11 is 0. The third-order valence-electron chi connectivity index (χ3n) is 6.57. The van der Waals surface area contributed by atoms with Gasteiger partial charge in [-0.05, 0) is 76.4 Å². The predicted molar refractivity (Wildman–Crippen MR) is 126 cm³/mol. The molecule has 3 rings (SSSR count). The van der Waals surface area contributed by atoms with Crippen LogP contribution in [0, 0.1) is 5.82 Å². The molecular weight excluding hydrogens is 421 g/mol. The van der Waals surface area contributed by atoms with E-state index in [1.54, 1.807) is 19.1 Å². The maximum Gasteiger partial charge on any atom is 0.408 e. The molecule has 1 aliphatic rings. The van der Waals surface area contributed by atoms with Crippen LogP contribution in [0.5, 0.6) is 0 Å². The number of ether oxygens (including phenoxy) is 1. The zero-order valence-corrected chi connectivity index (χ0v) is 19.6. The van der Waals surface area contributed by atoms with Crippen molar-refractivity contribution in [3.8, 4) is 0 Å². The summed E-state index contributed by atoms with van der Waals surface area (Å²) in [4.78, 5) is 26.9. The van der Waals surface area contributed by atoms with Gasteiger partial charge >= 0.3 is 6.09 Å². The normalized spacial score (nSPS) is 21.3. The summed E-state index contributed by atoms with van der Waals surface area (Å²) < 4.78 is 18.8. The Kier molecular flexibility index (Phi) is 8.44. The Morgan fingerprint density at radius 2 is 1.76 bits per heavy atom. The average Bonchev–Trinajstić information content (AvgIpc) is 2.79. The molecule has 1 saturated carbocycles. The first kappa shape index (κ1) is 24.7. The van der Waals surface area contributed by atoms with Gasteiger partial charge in [0, 0.05) is 11.6 Å². The smallest absolute Gasteiger partial charge is 0.408 e. The zero-order chi connectivity index (χ0) is 23.8. The van der Waals surface area contributed by atoms with Gasteiger partial charge in [-0.1, -0.05) is 42.5 Å². The largest absolute Gasteiger partial charge is 0.445 e. The van der Waals surface area contributed by atoms with E-state index < -0.39 is 12.1 Å². The monoisotopic (exact) mass is 455 g/mol. The van der Waals surface area contributed by atoms with Crippen LogP contribution in [0.15, 0.2) is 54.6 Å². The standard InChI is InChI=1S/C26H34FN3O3/c1-19(28-25(32)33-18-20-8-5-4-6-9-20)24(31)29-23-12-14-26(15-13-23,30(2)3)17-21-10-7-11-22(27)16-21/h4-11,16,19,23H,12-15,17-18H2,1-3H3,(H,28,32)(H,29,31). The fraction of sp³-hybridized carbons (Fsp3) is 0.462. The molecule has 7 heteroatoms. The fourth-order valence-corrected chi connectivity index (χ4v) is 4.44. The SMILES string of the molecule is CC(NC(=O)OCc1ccccc1)C(=O)NC1CCC(Cc2cccc(F)c2)(N(C)C)CC1. The molecule has 6 nitrogen and oxygen atoms in total. The van der Waals surface area contributed by atoms with E-state index in [4.69, 9.17) is 4.74 Å². The summed E-state index contributed by atoms with van der Waals surface area (Å²) in [5.41, 5.74) is 1.80. The quantitative estimate of drug-likeness (QED) is 0.630. The molecule has 1 atom stereocenters. The van der Waals surface area contributed by atoms with Crippen molar-refractivity contribution in [3.63, 3.8) is 0 Å². The van der Waals surface area contributed by atoms with Crippen LogP contribution in [0.2, 0.25) is 0 Å². The van der Waals surface area contributed by atoms with Crippen molar-refractivity contribution in [2.24, 2.45) is 0 Å². The number of hydrogen-bond donors (Lipinski definition) is 2. The first-order valence-corrected chi connectivity index (χ1v) is 11.5. The Bertz CT molecular complexity index is 927. The Morgan fingerprint density at radius 3 is 2.39 bits per heavy atom. The molecule has 0 aliphatic heterocycles. The highest BCUT2D eigenvalue weighted by atomic mass is 19.1. The topological polar surface area (TPSA) is 70.7 Å². The number of rotatable bonds is 8. The Labute approximate surface area is 195 Å². The van der Waals surface area contributed by atoms with Gasteiger partial charge in [-0.25, -0.2) is 9.18 Å². The first-order valence-electron chi connectivity index (χ1n) is 11.5. The summed E-state index contributed by atoms with van der Waals surface area (Å²) in [5, 5.41) is 5.65. The molecule has 0 heterocycles. The number of nitrogens with zero attached hydrogens (tertiary/aromatic N) is 1. The number of hydrogen-bond acceptors (Lipinski definition) is 4. The molecule has 0 saturated heterocycles. The molecule has 1 unspecified atom stereocenters. The van der Waals surface area contributed by atoms with Crippen LogP contribution in [0.4, 0.5) is 9.18 Å². The van der Waals surface area contributed by atoms with E-state index in [1.165, 1.54) is 6.07 Å². The van der Waals surface area contributed by atoms with Gasteiger partial charge in [0.1, 0.15) is 18.5 Å². The van der Waals surface area contributed by atoms with Crippen LogP contribution in [0.1, 0.15) is 43.7 Å². The highest BCUT2D eigenvalue weighted by Crippen LogP contribution is 2.35. The molecule has 2 aromatic carbocycles. The third kappa shape index (κ3) is 7.02. The van der Waals surface area contributed by atoms with Crippen LogP contribution >= 0.6 is 0 Å². The lowest BCUT2D eigenvalue weighted by Gasteiger charge is -2.45. The maximum absolute atomic E-state index is 13.7. The minimum Gasteiger partial charge on any atom is -0.445 e. The second-order valence-electron chi connectivity index (χ2n) is 9.14. The summed E-state index contributed by atoms with van der Waals surface area (Å²) in [6.45, 7) is 1.80. The maximum atomic E-state index is 13.7. The molecule has 0 radical (unpaired) electrons. The Hall–Kier alpha value is -2.93. The number of carbonyl (C=O) groups is 2. The number of amides is 2. The molecule has 2 N–H and O–H groups in total. The number of halogens is 1. The highest BCUT2D eigenvalue weighted by molar-refractivity contribution is 5.85. The Morgan fingerprint density at radius 1 is 1.09 bits per heavy atom. The van der Waals surface area contributed by atoms with Crippen LogP contribution < -0.4 is 10.6 Å². The van der Waals surface area contributed by atoms with Crippen molar-refractivity contribution in [3.05, 3.63) is 71.5 Å². The van der Waals surface area contributed by atoms with Gasteiger partial charge in [-0.2, -0.15) is 0 Å². The van der Waals surface area contributed by atoms with Crippen molar-refractivity contribution in [1.29, 1.82) is 0 Å². The molecule has 0 spiro atoms. The Balaban J connectivity index is 1.46. The van der Waals surface area contributed by atoms with Crippen molar-refractivity contribution >= 4 is 12.0 Å². The number of benzene rings is 2. The zero-order valence-electron chi connectivity index (χ0n) is 19.6. The molecule has 0 bridgehead atoms.